The number of aromatic nitrogens is 2. The molecule has 18 heavy (non-hydrogen) atoms. The average molecular weight is 275 g/mol. The molecule has 0 aliphatic rings. The summed E-state index contributed by atoms with van der Waals surface area (Å²) in [7, 11) is 0. The number of hydrogen-bond acceptors (Lipinski definition) is 3. The molecule has 3 aromatic rings. The van der Waals surface area contributed by atoms with Gasteiger partial charge < -0.3 is 0 Å². The van der Waals surface area contributed by atoms with Crippen LogP contribution in [-0.4, -0.2) is 9.97 Å². The molecule has 2 nitrogen and oxygen atoms in total. The van der Waals surface area contributed by atoms with Crippen molar-refractivity contribution >= 4 is 33.2 Å². The summed E-state index contributed by atoms with van der Waals surface area (Å²) in [5.74, 6) is 0.778. The van der Waals surface area contributed by atoms with Gasteiger partial charge in [0.15, 0.2) is 0 Å². The summed E-state index contributed by atoms with van der Waals surface area (Å²) in [6.45, 7) is 2.03. The Bertz CT molecular complexity index is 692. The molecular formula is C14H11ClN2S. The number of aryl methyl sites for hydroxylation is 1. The fourth-order valence-corrected chi connectivity index (χ4v) is 3.26. The van der Waals surface area contributed by atoms with Gasteiger partial charge in [-0.3, -0.25) is 0 Å². The van der Waals surface area contributed by atoms with Gasteiger partial charge in [-0.15, -0.1) is 11.3 Å². The van der Waals surface area contributed by atoms with Crippen LogP contribution >= 0.6 is 22.9 Å². The second-order valence-electron chi connectivity index (χ2n) is 4.19. The molecule has 0 radical (unpaired) electrons. The summed E-state index contributed by atoms with van der Waals surface area (Å²) >= 11 is 7.85. The molecular weight excluding hydrogens is 264 g/mol. The van der Waals surface area contributed by atoms with E-state index in [0.29, 0.717) is 11.6 Å². The molecule has 0 aliphatic carbocycles. The van der Waals surface area contributed by atoms with E-state index in [-0.39, 0.29) is 0 Å². The van der Waals surface area contributed by atoms with E-state index in [2.05, 4.69) is 27.5 Å². The van der Waals surface area contributed by atoms with Crippen LogP contribution in [0.1, 0.15) is 17.0 Å². The van der Waals surface area contributed by atoms with Crippen LogP contribution in [0.3, 0.4) is 0 Å². The predicted molar refractivity (Wildman–Crippen MR) is 76.4 cm³/mol. The summed E-state index contributed by atoms with van der Waals surface area (Å²) in [5.41, 5.74) is 2.34. The Balaban J connectivity index is 2.03. The lowest BCUT2D eigenvalue weighted by Gasteiger charge is -2.02. The second kappa shape index (κ2) is 4.67. The molecule has 0 bridgehead atoms. The first-order chi connectivity index (χ1) is 8.74. The minimum atomic E-state index is 0.560. The minimum absolute atomic E-state index is 0.560. The van der Waals surface area contributed by atoms with Crippen LogP contribution in [-0.2, 0) is 6.42 Å². The number of halogens is 1. The first-order valence-corrected chi connectivity index (χ1v) is 6.94. The van der Waals surface area contributed by atoms with Crippen LogP contribution in [0.2, 0.25) is 5.15 Å². The van der Waals surface area contributed by atoms with Gasteiger partial charge >= 0.3 is 0 Å². The van der Waals surface area contributed by atoms with Crippen molar-refractivity contribution in [3.05, 3.63) is 57.8 Å². The van der Waals surface area contributed by atoms with Gasteiger partial charge in [-0.25, -0.2) is 9.97 Å². The zero-order valence-corrected chi connectivity index (χ0v) is 11.4. The number of fused-ring (bicyclic) bond motifs is 1. The van der Waals surface area contributed by atoms with E-state index in [0.717, 1.165) is 21.6 Å². The summed E-state index contributed by atoms with van der Waals surface area (Å²) in [6.07, 6.45) is 0.716. The SMILES string of the molecule is Cc1csc2nc(Cc3ccccc3)nc(Cl)c12. The van der Waals surface area contributed by atoms with E-state index >= 15 is 0 Å². The molecule has 0 saturated heterocycles. The van der Waals surface area contributed by atoms with Gasteiger partial charge in [0, 0.05) is 6.42 Å². The smallest absolute Gasteiger partial charge is 0.141 e. The quantitative estimate of drug-likeness (QED) is 0.653. The Morgan fingerprint density at radius 3 is 2.72 bits per heavy atom. The van der Waals surface area contributed by atoms with Crippen LogP contribution in [0.15, 0.2) is 35.7 Å². The van der Waals surface area contributed by atoms with E-state index in [1.807, 2.05) is 25.1 Å². The highest BCUT2D eigenvalue weighted by atomic mass is 35.5. The van der Waals surface area contributed by atoms with Crippen molar-refractivity contribution in [3.8, 4) is 0 Å². The highest BCUT2D eigenvalue weighted by molar-refractivity contribution is 7.17. The molecule has 0 saturated carbocycles. The molecule has 4 heteroatoms. The van der Waals surface area contributed by atoms with Gasteiger partial charge in [-0.2, -0.15) is 0 Å². The zero-order valence-electron chi connectivity index (χ0n) is 9.85. The molecule has 1 aromatic carbocycles. The van der Waals surface area contributed by atoms with Crippen molar-refractivity contribution in [3.63, 3.8) is 0 Å². The first-order valence-electron chi connectivity index (χ1n) is 5.68. The Hall–Kier alpha value is -1.45. The van der Waals surface area contributed by atoms with Crippen molar-refractivity contribution in [2.75, 3.05) is 0 Å². The molecule has 0 amide bonds. The topological polar surface area (TPSA) is 25.8 Å². The van der Waals surface area contributed by atoms with E-state index in [4.69, 9.17) is 11.6 Å². The molecule has 0 N–H and O–H groups in total. The average Bonchev–Trinajstić information content (AvgIpc) is 2.72. The largest absolute Gasteiger partial charge is 0.222 e. The van der Waals surface area contributed by atoms with Gasteiger partial charge in [0.2, 0.25) is 0 Å². The van der Waals surface area contributed by atoms with Crippen molar-refractivity contribution in [1.82, 2.24) is 9.97 Å². The van der Waals surface area contributed by atoms with Gasteiger partial charge in [-0.05, 0) is 23.4 Å². The van der Waals surface area contributed by atoms with Gasteiger partial charge in [0.1, 0.15) is 15.8 Å². The molecule has 2 aromatic heterocycles. The summed E-state index contributed by atoms with van der Waals surface area (Å²) < 4.78 is 0. The summed E-state index contributed by atoms with van der Waals surface area (Å²) in [6, 6.07) is 10.2. The molecule has 3 rings (SSSR count). The Morgan fingerprint density at radius 2 is 1.94 bits per heavy atom. The van der Waals surface area contributed by atoms with Gasteiger partial charge in [0.25, 0.3) is 0 Å². The van der Waals surface area contributed by atoms with Crippen molar-refractivity contribution in [1.29, 1.82) is 0 Å². The monoisotopic (exact) mass is 274 g/mol. The van der Waals surface area contributed by atoms with Gasteiger partial charge in [-0.1, -0.05) is 41.9 Å². The highest BCUT2D eigenvalue weighted by Gasteiger charge is 2.10. The zero-order chi connectivity index (χ0) is 12.5. The van der Waals surface area contributed by atoms with Crippen molar-refractivity contribution < 1.29 is 0 Å². The van der Waals surface area contributed by atoms with Crippen LogP contribution in [0.4, 0.5) is 0 Å². The third-order valence-corrected chi connectivity index (χ3v) is 4.09. The number of nitrogens with zero attached hydrogens (tertiary/aromatic N) is 2. The lowest BCUT2D eigenvalue weighted by Crippen LogP contribution is -1.96. The van der Waals surface area contributed by atoms with E-state index in [9.17, 15) is 0 Å². The number of benzene rings is 1. The lowest BCUT2D eigenvalue weighted by molar-refractivity contribution is 0.996. The number of hydrogen-bond donors (Lipinski definition) is 0. The third kappa shape index (κ3) is 2.11. The third-order valence-electron chi connectivity index (χ3n) is 2.82. The summed E-state index contributed by atoms with van der Waals surface area (Å²) in [4.78, 5) is 9.94. The molecule has 2 heterocycles. The maximum Gasteiger partial charge on any atom is 0.141 e. The van der Waals surface area contributed by atoms with E-state index in [1.54, 1.807) is 11.3 Å². The Kier molecular flexibility index (Phi) is 3.02. The van der Waals surface area contributed by atoms with Crippen LogP contribution in [0.25, 0.3) is 10.2 Å². The minimum Gasteiger partial charge on any atom is -0.222 e. The van der Waals surface area contributed by atoms with Crippen LogP contribution < -0.4 is 0 Å². The van der Waals surface area contributed by atoms with Crippen molar-refractivity contribution in [2.24, 2.45) is 0 Å². The Morgan fingerprint density at radius 1 is 1.17 bits per heavy atom. The normalized spacial score (nSPS) is 11.0. The predicted octanol–water partition coefficient (Wildman–Crippen LogP) is 4.24. The lowest BCUT2D eigenvalue weighted by atomic mass is 10.1. The molecule has 0 aliphatic heterocycles. The molecule has 0 unspecified atom stereocenters. The molecule has 0 fully saturated rings. The standard InChI is InChI=1S/C14H11ClN2S/c1-9-8-18-14-12(9)13(15)16-11(17-14)7-10-5-3-2-4-6-10/h2-6,8H,7H2,1H3. The molecule has 0 spiro atoms. The fraction of sp³-hybridized carbons (Fsp3) is 0.143. The Labute approximate surface area is 114 Å². The van der Waals surface area contributed by atoms with Crippen LogP contribution in [0.5, 0.6) is 0 Å². The maximum atomic E-state index is 6.23. The first kappa shape index (κ1) is 11.6. The number of thiophene rings is 1. The van der Waals surface area contributed by atoms with Crippen molar-refractivity contribution in [2.45, 2.75) is 13.3 Å². The van der Waals surface area contributed by atoms with E-state index in [1.165, 1.54) is 5.56 Å². The fourth-order valence-electron chi connectivity index (χ4n) is 1.93. The van der Waals surface area contributed by atoms with Gasteiger partial charge in [0.05, 0.1) is 5.39 Å². The van der Waals surface area contributed by atoms with Crippen LogP contribution in [0, 0.1) is 6.92 Å². The molecule has 90 valence electrons. The highest BCUT2D eigenvalue weighted by Crippen LogP contribution is 2.29. The summed E-state index contributed by atoms with van der Waals surface area (Å²) in [5, 5.41) is 3.61. The molecule has 0 atom stereocenters. The van der Waals surface area contributed by atoms with E-state index < -0.39 is 0 Å². The second-order valence-corrected chi connectivity index (χ2v) is 5.41. The maximum absolute atomic E-state index is 6.23. The number of rotatable bonds is 2.